The molecule has 4 rings (SSSR count). The van der Waals surface area contributed by atoms with E-state index in [1.165, 1.54) is 44.9 Å². The third kappa shape index (κ3) is 7.59. The number of hydrogen-bond donors (Lipinski definition) is 0. The Hall–Kier alpha value is -0.820. The number of ether oxygens (including phenoxy) is 3. The fourth-order valence-electron chi connectivity index (χ4n) is 7.30. The van der Waals surface area contributed by atoms with Crippen LogP contribution >= 0.6 is 0 Å². The summed E-state index contributed by atoms with van der Waals surface area (Å²) >= 11 is 0. The van der Waals surface area contributed by atoms with Crippen LogP contribution in [0.2, 0.25) is 0 Å². The Morgan fingerprint density at radius 1 is 0.743 bits per heavy atom. The van der Waals surface area contributed by atoms with Crippen LogP contribution in [0.15, 0.2) is 0 Å². The number of carbonyl (C=O) groups excluding carboxylic acids is 1. The van der Waals surface area contributed by atoms with Gasteiger partial charge in [-0.25, -0.2) is 4.79 Å². The van der Waals surface area contributed by atoms with E-state index in [9.17, 15) is 18.0 Å². The molecule has 0 amide bonds. The first kappa shape index (κ1) is 27.2. The third-order valence-electron chi connectivity index (χ3n) is 9.57. The standard InChI is InChI=1S/C28H45F3O4/c1-2-3-4-19-5-7-22(8-6-19)24-17-33-26(34-18-24)23-11-9-20(10-12-23)21-13-15-25(16-14-21)35-27(32)28(29,30)31/h19-26H,2-18H2,1H3. The van der Waals surface area contributed by atoms with Gasteiger partial charge in [0.25, 0.3) is 0 Å². The Bertz CT molecular complexity index is 637. The summed E-state index contributed by atoms with van der Waals surface area (Å²) in [7, 11) is 0. The van der Waals surface area contributed by atoms with Crippen LogP contribution in [0.25, 0.3) is 0 Å². The molecule has 4 fully saturated rings. The lowest BCUT2D eigenvalue weighted by atomic mass is 9.70. The molecule has 3 saturated carbocycles. The van der Waals surface area contributed by atoms with Gasteiger partial charge in [-0.1, -0.05) is 39.0 Å². The number of hydrogen-bond acceptors (Lipinski definition) is 4. The highest BCUT2D eigenvalue weighted by Gasteiger charge is 2.43. The van der Waals surface area contributed by atoms with Gasteiger partial charge in [0.15, 0.2) is 6.29 Å². The van der Waals surface area contributed by atoms with Gasteiger partial charge in [0.1, 0.15) is 6.10 Å². The minimum Gasteiger partial charge on any atom is -0.456 e. The van der Waals surface area contributed by atoms with Crippen molar-refractivity contribution in [2.24, 2.45) is 35.5 Å². The van der Waals surface area contributed by atoms with Gasteiger partial charge in [0, 0.05) is 11.8 Å². The fraction of sp³-hybridized carbons (Fsp3) is 0.964. The maximum absolute atomic E-state index is 12.4. The minimum absolute atomic E-state index is 0.0642. The van der Waals surface area contributed by atoms with E-state index in [1.54, 1.807) is 0 Å². The number of alkyl halides is 3. The summed E-state index contributed by atoms with van der Waals surface area (Å²) in [4.78, 5) is 11.1. The largest absolute Gasteiger partial charge is 0.490 e. The average molecular weight is 503 g/mol. The summed E-state index contributed by atoms with van der Waals surface area (Å²) in [5, 5.41) is 0. The Kier molecular flexibility index (Phi) is 9.81. The van der Waals surface area contributed by atoms with Crippen LogP contribution in [-0.4, -0.2) is 37.8 Å². The molecule has 0 N–H and O–H groups in total. The lowest BCUT2D eigenvalue weighted by Crippen LogP contribution is -2.42. The van der Waals surface area contributed by atoms with Gasteiger partial charge in [-0.15, -0.1) is 0 Å². The second kappa shape index (κ2) is 12.6. The summed E-state index contributed by atoms with van der Waals surface area (Å²) in [6.07, 6.45) is 11.2. The van der Waals surface area contributed by atoms with Crippen molar-refractivity contribution in [3.63, 3.8) is 0 Å². The SMILES string of the molecule is CCCCC1CCC(C2COC(C3CCC(C4CCC(OC(=O)C(F)(F)F)CC4)CC3)OC2)CC1. The molecule has 0 aromatic heterocycles. The molecule has 4 nitrogen and oxygen atoms in total. The van der Waals surface area contributed by atoms with E-state index >= 15 is 0 Å². The molecular weight excluding hydrogens is 457 g/mol. The zero-order chi connectivity index (χ0) is 24.8. The van der Waals surface area contributed by atoms with E-state index in [0.29, 0.717) is 36.5 Å². The molecule has 1 saturated heterocycles. The molecule has 0 aromatic carbocycles. The molecule has 0 radical (unpaired) electrons. The maximum Gasteiger partial charge on any atom is 0.490 e. The van der Waals surface area contributed by atoms with E-state index in [2.05, 4.69) is 11.7 Å². The van der Waals surface area contributed by atoms with Crippen molar-refractivity contribution in [1.29, 1.82) is 0 Å². The topological polar surface area (TPSA) is 44.8 Å². The predicted octanol–water partition coefficient (Wildman–Crippen LogP) is 7.44. The van der Waals surface area contributed by atoms with E-state index < -0.39 is 18.2 Å². The van der Waals surface area contributed by atoms with Crippen molar-refractivity contribution in [3.05, 3.63) is 0 Å². The molecule has 1 aliphatic heterocycles. The van der Waals surface area contributed by atoms with Crippen molar-refractivity contribution in [2.45, 2.75) is 122 Å². The monoisotopic (exact) mass is 502 g/mol. The van der Waals surface area contributed by atoms with Crippen LogP contribution in [0, 0.1) is 35.5 Å². The third-order valence-corrected chi connectivity index (χ3v) is 9.57. The number of unbranched alkanes of at least 4 members (excludes halogenated alkanes) is 1. The van der Waals surface area contributed by atoms with Gasteiger partial charge in [-0.2, -0.15) is 13.2 Å². The Morgan fingerprint density at radius 2 is 1.23 bits per heavy atom. The maximum atomic E-state index is 12.4. The van der Waals surface area contributed by atoms with Crippen LogP contribution < -0.4 is 0 Å². The smallest absolute Gasteiger partial charge is 0.456 e. The quantitative estimate of drug-likeness (QED) is 0.339. The van der Waals surface area contributed by atoms with Gasteiger partial charge >= 0.3 is 12.1 Å². The summed E-state index contributed by atoms with van der Waals surface area (Å²) < 4.78 is 54.5. The number of esters is 1. The molecular formula is C28H45F3O4. The van der Waals surface area contributed by atoms with Crippen LogP contribution in [0.4, 0.5) is 13.2 Å². The molecule has 0 spiro atoms. The molecule has 0 bridgehead atoms. The predicted molar refractivity (Wildman–Crippen MR) is 127 cm³/mol. The second-order valence-electron chi connectivity index (χ2n) is 11.8. The van der Waals surface area contributed by atoms with Crippen molar-refractivity contribution in [1.82, 2.24) is 0 Å². The highest BCUT2D eigenvalue weighted by Crippen LogP contribution is 2.43. The normalized spacial score (nSPS) is 39.2. The fourth-order valence-corrected chi connectivity index (χ4v) is 7.30. The van der Waals surface area contributed by atoms with Crippen molar-refractivity contribution < 1.29 is 32.2 Å². The highest BCUT2D eigenvalue weighted by atomic mass is 19.4. The molecule has 3 aliphatic carbocycles. The molecule has 202 valence electrons. The van der Waals surface area contributed by atoms with Crippen LogP contribution in [-0.2, 0) is 19.0 Å². The van der Waals surface area contributed by atoms with Gasteiger partial charge < -0.3 is 14.2 Å². The van der Waals surface area contributed by atoms with Gasteiger partial charge in [-0.3, -0.25) is 0 Å². The van der Waals surface area contributed by atoms with Crippen LogP contribution in [0.5, 0.6) is 0 Å². The molecule has 0 atom stereocenters. The first-order valence-electron chi connectivity index (χ1n) is 14.3. The van der Waals surface area contributed by atoms with E-state index in [4.69, 9.17) is 9.47 Å². The lowest BCUT2D eigenvalue weighted by Gasteiger charge is -2.42. The summed E-state index contributed by atoms with van der Waals surface area (Å²) in [5.41, 5.74) is 0. The van der Waals surface area contributed by atoms with E-state index in [-0.39, 0.29) is 6.29 Å². The van der Waals surface area contributed by atoms with Crippen molar-refractivity contribution in [2.75, 3.05) is 13.2 Å². The number of rotatable bonds is 7. The Balaban J connectivity index is 1.11. The Labute approximate surface area is 209 Å². The summed E-state index contributed by atoms with van der Waals surface area (Å²) in [6.45, 7) is 3.96. The summed E-state index contributed by atoms with van der Waals surface area (Å²) in [6, 6.07) is 0. The summed E-state index contributed by atoms with van der Waals surface area (Å²) in [5.74, 6) is 1.81. The minimum atomic E-state index is -4.90. The first-order chi connectivity index (χ1) is 16.8. The zero-order valence-corrected chi connectivity index (χ0v) is 21.4. The van der Waals surface area contributed by atoms with Gasteiger partial charge in [0.2, 0.25) is 0 Å². The highest BCUT2D eigenvalue weighted by molar-refractivity contribution is 5.75. The molecule has 4 aliphatic rings. The van der Waals surface area contributed by atoms with Gasteiger partial charge in [0.05, 0.1) is 13.2 Å². The van der Waals surface area contributed by atoms with Crippen molar-refractivity contribution in [3.8, 4) is 0 Å². The molecule has 0 unspecified atom stereocenters. The molecule has 0 aromatic rings. The molecule has 7 heteroatoms. The lowest BCUT2D eigenvalue weighted by molar-refractivity contribution is -0.237. The number of halogens is 3. The molecule has 35 heavy (non-hydrogen) atoms. The zero-order valence-electron chi connectivity index (χ0n) is 21.4. The molecule has 1 heterocycles. The second-order valence-corrected chi connectivity index (χ2v) is 11.8. The average Bonchev–Trinajstić information content (AvgIpc) is 2.88. The van der Waals surface area contributed by atoms with Gasteiger partial charge in [-0.05, 0) is 87.9 Å². The number of carbonyl (C=O) groups is 1. The van der Waals surface area contributed by atoms with Crippen LogP contribution in [0.1, 0.15) is 103 Å². The Morgan fingerprint density at radius 3 is 1.77 bits per heavy atom. The van der Waals surface area contributed by atoms with Crippen molar-refractivity contribution >= 4 is 5.97 Å². The first-order valence-corrected chi connectivity index (χ1v) is 14.3. The van der Waals surface area contributed by atoms with E-state index in [0.717, 1.165) is 63.6 Å². The van der Waals surface area contributed by atoms with Crippen LogP contribution in [0.3, 0.4) is 0 Å². The van der Waals surface area contributed by atoms with E-state index in [1.807, 2.05) is 0 Å².